The third kappa shape index (κ3) is 2.10. The van der Waals surface area contributed by atoms with Crippen LogP contribution in [-0.2, 0) is 0 Å². The summed E-state index contributed by atoms with van der Waals surface area (Å²) in [5.74, 6) is 0.227. The number of hydrogen-bond donors (Lipinski definition) is 2. The van der Waals surface area contributed by atoms with Gasteiger partial charge in [-0.1, -0.05) is 6.92 Å². The number of likely N-dealkylation sites (tertiary alicyclic amines) is 1. The van der Waals surface area contributed by atoms with Gasteiger partial charge in [-0.2, -0.15) is 0 Å². The molecule has 1 aliphatic rings. The second-order valence-electron chi connectivity index (χ2n) is 5.81. The van der Waals surface area contributed by atoms with Crippen LogP contribution in [0.2, 0.25) is 0 Å². The fourth-order valence-corrected chi connectivity index (χ4v) is 1.93. The normalized spacial score (nSPS) is 41.4. The lowest BCUT2D eigenvalue weighted by molar-refractivity contribution is -0.0851. The minimum atomic E-state index is -0.720. The quantitative estimate of drug-likeness (QED) is 0.608. The molecule has 0 radical (unpaired) electrons. The van der Waals surface area contributed by atoms with Gasteiger partial charge < -0.3 is 10.8 Å². The Hall–Kier alpha value is -0.120. The van der Waals surface area contributed by atoms with E-state index in [4.69, 9.17) is 5.73 Å². The van der Waals surface area contributed by atoms with Gasteiger partial charge in [-0.3, -0.25) is 4.90 Å². The Morgan fingerprint density at radius 3 is 2.21 bits per heavy atom. The zero-order chi connectivity index (χ0) is 11.1. The van der Waals surface area contributed by atoms with E-state index in [1.807, 2.05) is 6.92 Å². The molecule has 3 N–H and O–H groups in total. The van der Waals surface area contributed by atoms with E-state index < -0.39 is 5.60 Å². The molecular formula is C11H24N2O. The van der Waals surface area contributed by atoms with Crippen molar-refractivity contribution in [3.8, 4) is 0 Å². The third-order valence-electron chi connectivity index (χ3n) is 3.61. The van der Waals surface area contributed by atoms with Gasteiger partial charge in [0, 0.05) is 24.7 Å². The Kier molecular flexibility index (Phi) is 2.96. The first-order chi connectivity index (χ1) is 6.15. The van der Waals surface area contributed by atoms with Gasteiger partial charge in [0.15, 0.2) is 0 Å². The van der Waals surface area contributed by atoms with E-state index in [2.05, 4.69) is 32.6 Å². The van der Waals surface area contributed by atoms with Crippen LogP contribution >= 0.6 is 0 Å². The van der Waals surface area contributed by atoms with E-state index in [0.717, 1.165) is 13.1 Å². The van der Waals surface area contributed by atoms with Crippen LogP contribution in [0.25, 0.3) is 0 Å². The van der Waals surface area contributed by atoms with E-state index >= 15 is 0 Å². The zero-order valence-corrected chi connectivity index (χ0v) is 10.0. The molecule has 0 bridgehead atoms. The standard InChI is InChI=1S/C11H24N2O/c1-8-6-13(10(2,3)4)7-9(12)11(8,5)14/h8-9,14H,6-7,12H2,1-5H3. The Balaban J connectivity index is 2.76. The largest absolute Gasteiger partial charge is 0.388 e. The van der Waals surface area contributed by atoms with Crippen molar-refractivity contribution in [2.75, 3.05) is 13.1 Å². The maximum Gasteiger partial charge on any atom is 0.0819 e. The van der Waals surface area contributed by atoms with Crippen LogP contribution in [0.3, 0.4) is 0 Å². The van der Waals surface area contributed by atoms with Gasteiger partial charge in [-0.15, -0.1) is 0 Å². The molecule has 14 heavy (non-hydrogen) atoms. The minimum Gasteiger partial charge on any atom is -0.388 e. The second kappa shape index (κ2) is 3.47. The van der Waals surface area contributed by atoms with Crippen LogP contribution in [0.1, 0.15) is 34.6 Å². The van der Waals surface area contributed by atoms with E-state index in [-0.39, 0.29) is 17.5 Å². The number of aliphatic hydroxyl groups is 1. The Bertz CT molecular complexity index is 194. The van der Waals surface area contributed by atoms with Crippen molar-refractivity contribution in [3.63, 3.8) is 0 Å². The van der Waals surface area contributed by atoms with E-state index in [1.54, 1.807) is 0 Å². The molecule has 3 heteroatoms. The summed E-state index contributed by atoms with van der Waals surface area (Å²) in [5.41, 5.74) is 5.42. The number of nitrogens with two attached hydrogens (primary N) is 1. The summed E-state index contributed by atoms with van der Waals surface area (Å²) < 4.78 is 0. The van der Waals surface area contributed by atoms with E-state index in [9.17, 15) is 5.11 Å². The highest BCUT2D eigenvalue weighted by Gasteiger charge is 2.43. The maximum absolute atomic E-state index is 10.1. The van der Waals surface area contributed by atoms with Crippen molar-refractivity contribution < 1.29 is 5.11 Å². The molecule has 0 aromatic heterocycles. The van der Waals surface area contributed by atoms with Crippen molar-refractivity contribution >= 4 is 0 Å². The van der Waals surface area contributed by atoms with Gasteiger partial charge in [0.2, 0.25) is 0 Å². The molecule has 3 nitrogen and oxygen atoms in total. The number of nitrogens with zero attached hydrogens (tertiary/aromatic N) is 1. The predicted molar refractivity (Wildman–Crippen MR) is 59.1 cm³/mol. The molecule has 1 aliphatic heterocycles. The smallest absolute Gasteiger partial charge is 0.0819 e. The van der Waals surface area contributed by atoms with E-state index in [1.165, 1.54) is 0 Å². The summed E-state index contributed by atoms with van der Waals surface area (Å²) in [4.78, 5) is 2.35. The van der Waals surface area contributed by atoms with Gasteiger partial charge in [0.05, 0.1) is 5.60 Å². The molecule has 0 saturated carbocycles. The first-order valence-corrected chi connectivity index (χ1v) is 5.38. The first kappa shape index (κ1) is 12.0. The Labute approximate surface area is 87.3 Å². The van der Waals surface area contributed by atoms with E-state index in [0.29, 0.717) is 0 Å². The highest BCUT2D eigenvalue weighted by Crippen LogP contribution is 2.30. The molecule has 0 aromatic carbocycles. The molecule has 3 atom stereocenters. The SMILES string of the molecule is CC1CN(C(C)(C)C)CC(N)C1(C)O. The van der Waals surface area contributed by atoms with Crippen LogP contribution in [0.4, 0.5) is 0 Å². The fraction of sp³-hybridized carbons (Fsp3) is 1.00. The molecule has 1 heterocycles. The van der Waals surface area contributed by atoms with Crippen molar-refractivity contribution in [3.05, 3.63) is 0 Å². The van der Waals surface area contributed by atoms with Crippen LogP contribution in [-0.4, -0.2) is 40.3 Å². The molecule has 1 rings (SSSR count). The monoisotopic (exact) mass is 200 g/mol. The molecule has 1 saturated heterocycles. The molecule has 0 aliphatic carbocycles. The molecule has 1 fully saturated rings. The summed E-state index contributed by atoms with van der Waals surface area (Å²) in [6, 6.07) is -0.148. The van der Waals surface area contributed by atoms with Crippen LogP contribution in [0, 0.1) is 5.92 Å². The average molecular weight is 200 g/mol. The lowest BCUT2D eigenvalue weighted by atomic mass is 9.79. The van der Waals surface area contributed by atoms with Crippen molar-refractivity contribution in [1.29, 1.82) is 0 Å². The summed E-state index contributed by atoms with van der Waals surface area (Å²) in [6.45, 7) is 12.2. The first-order valence-electron chi connectivity index (χ1n) is 5.38. The Morgan fingerprint density at radius 1 is 1.36 bits per heavy atom. The van der Waals surface area contributed by atoms with Gasteiger partial charge in [0.1, 0.15) is 0 Å². The zero-order valence-electron chi connectivity index (χ0n) is 10.0. The molecule has 3 unspecified atom stereocenters. The lowest BCUT2D eigenvalue weighted by Gasteiger charge is -2.50. The second-order valence-corrected chi connectivity index (χ2v) is 5.81. The van der Waals surface area contributed by atoms with Gasteiger partial charge in [-0.05, 0) is 33.6 Å². The lowest BCUT2D eigenvalue weighted by Crippen LogP contribution is -2.65. The van der Waals surface area contributed by atoms with Crippen molar-refractivity contribution in [2.45, 2.75) is 51.8 Å². The molecule has 0 amide bonds. The van der Waals surface area contributed by atoms with Gasteiger partial charge in [-0.25, -0.2) is 0 Å². The average Bonchev–Trinajstić information content (AvgIpc) is 1.98. The van der Waals surface area contributed by atoms with Gasteiger partial charge in [0.25, 0.3) is 0 Å². The molecule has 84 valence electrons. The van der Waals surface area contributed by atoms with Crippen molar-refractivity contribution in [1.82, 2.24) is 4.90 Å². The van der Waals surface area contributed by atoms with Crippen LogP contribution in [0.5, 0.6) is 0 Å². The molecule has 0 aromatic rings. The number of piperidine rings is 1. The number of rotatable bonds is 0. The summed E-state index contributed by atoms with van der Waals surface area (Å²) in [5, 5.41) is 10.1. The maximum atomic E-state index is 10.1. The predicted octanol–water partition coefficient (Wildman–Crippen LogP) is 0.815. The number of hydrogen-bond acceptors (Lipinski definition) is 3. The molecule has 0 spiro atoms. The van der Waals surface area contributed by atoms with Crippen LogP contribution in [0.15, 0.2) is 0 Å². The summed E-state index contributed by atoms with van der Waals surface area (Å²) in [7, 11) is 0. The van der Waals surface area contributed by atoms with Crippen molar-refractivity contribution in [2.24, 2.45) is 11.7 Å². The third-order valence-corrected chi connectivity index (χ3v) is 3.61. The Morgan fingerprint density at radius 2 is 1.86 bits per heavy atom. The minimum absolute atomic E-state index is 0.141. The molecular weight excluding hydrogens is 176 g/mol. The summed E-state index contributed by atoms with van der Waals surface area (Å²) >= 11 is 0. The topological polar surface area (TPSA) is 49.5 Å². The highest BCUT2D eigenvalue weighted by atomic mass is 16.3. The fourth-order valence-electron chi connectivity index (χ4n) is 1.93. The van der Waals surface area contributed by atoms with Crippen LogP contribution < -0.4 is 5.73 Å². The van der Waals surface area contributed by atoms with Gasteiger partial charge >= 0.3 is 0 Å². The summed E-state index contributed by atoms with van der Waals surface area (Å²) in [6.07, 6.45) is 0. The highest BCUT2D eigenvalue weighted by molar-refractivity contribution is 4.99.